The molecule has 0 aliphatic carbocycles. The monoisotopic (exact) mass is 437 g/mol. The van der Waals surface area contributed by atoms with Crippen LogP contribution in [0.4, 0.5) is 0 Å². The van der Waals surface area contributed by atoms with Crippen LogP contribution in [0.15, 0.2) is 53.3 Å². The molecular formula is C23H19N9O. The summed E-state index contributed by atoms with van der Waals surface area (Å²) in [6.45, 7) is 4.39. The average molecular weight is 437 g/mol. The molecule has 0 unspecified atom stereocenters. The van der Waals surface area contributed by atoms with Gasteiger partial charge in [0.15, 0.2) is 5.69 Å². The fourth-order valence-corrected chi connectivity index (χ4v) is 4.04. The largest absolute Gasteiger partial charge is 0.319 e. The van der Waals surface area contributed by atoms with Crippen LogP contribution >= 0.6 is 0 Å². The SMILES string of the molecule is CC(C)c1nc2c(C#N)n[nH]c(=O)c2n1Cc1ccccc1-c1ccccc1-c1nn[nH]n1. The molecule has 0 atom stereocenters. The molecule has 3 aromatic heterocycles. The number of nitrogens with one attached hydrogen (secondary N) is 2. The van der Waals surface area contributed by atoms with E-state index in [0.717, 1.165) is 22.3 Å². The van der Waals surface area contributed by atoms with E-state index in [9.17, 15) is 10.1 Å². The predicted octanol–water partition coefficient (Wildman–Crippen LogP) is 3.01. The first-order valence-electron chi connectivity index (χ1n) is 10.4. The lowest BCUT2D eigenvalue weighted by atomic mass is 9.95. The van der Waals surface area contributed by atoms with E-state index in [1.54, 1.807) is 0 Å². The maximum absolute atomic E-state index is 12.7. The van der Waals surface area contributed by atoms with Crippen molar-refractivity contribution in [3.8, 4) is 28.6 Å². The Labute approximate surface area is 187 Å². The third-order valence-electron chi connectivity index (χ3n) is 5.48. The van der Waals surface area contributed by atoms with Gasteiger partial charge in [-0.3, -0.25) is 4.79 Å². The van der Waals surface area contributed by atoms with Crippen LogP contribution in [0, 0.1) is 11.3 Å². The molecule has 0 spiro atoms. The highest BCUT2D eigenvalue weighted by atomic mass is 16.1. The lowest BCUT2D eigenvalue weighted by Crippen LogP contribution is -2.16. The zero-order chi connectivity index (χ0) is 22.9. The van der Waals surface area contributed by atoms with Crippen molar-refractivity contribution >= 4 is 11.0 Å². The maximum atomic E-state index is 12.7. The van der Waals surface area contributed by atoms with E-state index in [4.69, 9.17) is 0 Å². The Kier molecular flexibility index (Phi) is 4.99. The molecular weight excluding hydrogens is 418 g/mol. The molecule has 5 aromatic rings. The van der Waals surface area contributed by atoms with Crippen molar-refractivity contribution in [3.63, 3.8) is 0 Å². The smallest absolute Gasteiger partial charge is 0.290 e. The fourth-order valence-electron chi connectivity index (χ4n) is 4.04. The molecule has 2 N–H and O–H groups in total. The van der Waals surface area contributed by atoms with Crippen molar-refractivity contribution in [2.24, 2.45) is 0 Å². The van der Waals surface area contributed by atoms with Crippen molar-refractivity contribution in [1.29, 1.82) is 5.26 Å². The minimum absolute atomic E-state index is 0.0297. The Hall–Kier alpha value is -4.65. The molecule has 0 bridgehead atoms. The van der Waals surface area contributed by atoms with E-state index >= 15 is 0 Å². The average Bonchev–Trinajstić information content (AvgIpc) is 3.49. The summed E-state index contributed by atoms with van der Waals surface area (Å²) in [7, 11) is 0. The quantitative estimate of drug-likeness (QED) is 0.430. The summed E-state index contributed by atoms with van der Waals surface area (Å²) in [5.41, 5.74) is 4.10. The molecule has 5 rings (SSSR count). The number of tetrazole rings is 1. The van der Waals surface area contributed by atoms with E-state index < -0.39 is 0 Å². The fraction of sp³-hybridized carbons (Fsp3) is 0.174. The standard InChI is InChI=1S/C23H19N9O/c1-13(2)22-25-19-18(11-24)26-29-23(33)20(19)32(22)12-14-7-3-4-8-15(14)16-9-5-6-10-17(16)21-27-30-31-28-21/h3-10,13H,12H2,1-2H3,(H,29,33)(H,27,28,30,31). The third kappa shape index (κ3) is 3.45. The predicted molar refractivity (Wildman–Crippen MR) is 121 cm³/mol. The van der Waals surface area contributed by atoms with Gasteiger partial charge in [0, 0.05) is 11.5 Å². The lowest BCUT2D eigenvalue weighted by Gasteiger charge is -2.16. The van der Waals surface area contributed by atoms with Crippen molar-refractivity contribution in [3.05, 3.63) is 76.0 Å². The van der Waals surface area contributed by atoms with Gasteiger partial charge in [-0.05, 0) is 21.9 Å². The van der Waals surface area contributed by atoms with Gasteiger partial charge in [-0.15, -0.1) is 10.2 Å². The number of aromatic nitrogens is 8. The molecule has 0 radical (unpaired) electrons. The summed E-state index contributed by atoms with van der Waals surface area (Å²) in [6, 6.07) is 17.8. The Morgan fingerprint density at radius 2 is 1.76 bits per heavy atom. The van der Waals surface area contributed by atoms with Crippen LogP contribution in [-0.2, 0) is 6.54 Å². The summed E-state index contributed by atoms with van der Waals surface area (Å²) >= 11 is 0. The minimum atomic E-state index is -0.381. The van der Waals surface area contributed by atoms with Gasteiger partial charge in [0.1, 0.15) is 22.9 Å². The molecule has 0 aliphatic heterocycles. The van der Waals surface area contributed by atoms with Crippen LogP contribution < -0.4 is 5.56 Å². The van der Waals surface area contributed by atoms with Crippen LogP contribution in [0.5, 0.6) is 0 Å². The second kappa shape index (κ2) is 8.12. The second-order valence-corrected chi connectivity index (χ2v) is 7.86. The lowest BCUT2D eigenvalue weighted by molar-refractivity contribution is 0.682. The van der Waals surface area contributed by atoms with E-state index in [-0.39, 0.29) is 17.2 Å². The molecule has 0 saturated heterocycles. The number of rotatable bonds is 5. The highest BCUT2D eigenvalue weighted by Crippen LogP contribution is 2.33. The number of imidazole rings is 1. The van der Waals surface area contributed by atoms with Crippen molar-refractivity contribution in [2.45, 2.75) is 26.3 Å². The van der Waals surface area contributed by atoms with Crippen LogP contribution in [0.1, 0.15) is 36.8 Å². The Morgan fingerprint density at radius 1 is 1.03 bits per heavy atom. The molecule has 162 valence electrons. The van der Waals surface area contributed by atoms with Crippen molar-refractivity contribution in [1.82, 2.24) is 40.4 Å². The molecule has 0 fully saturated rings. The van der Waals surface area contributed by atoms with Crippen LogP contribution in [-0.4, -0.2) is 40.4 Å². The Balaban J connectivity index is 1.71. The summed E-state index contributed by atoms with van der Waals surface area (Å²) in [5.74, 6) is 1.24. The molecule has 10 heteroatoms. The highest BCUT2D eigenvalue weighted by Gasteiger charge is 2.21. The van der Waals surface area contributed by atoms with Gasteiger partial charge in [-0.1, -0.05) is 62.4 Å². The molecule has 0 aliphatic rings. The third-order valence-corrected chi connectivity index (χ3v) is 5.48. The number of H-pyrrole nitrogens is 2. The second-order valence-electron chi connectivity index (χ2n) is 7.86. The summed E-state index contributed by atoms with van der Waals surface area (Å²) in [6.07, 6.45) is 0. The van der Waals surface area contributed by atoms with Gasteiger partial charge >= 0.3 is 0 Å². The molecule has 0 saturated carbocycles. The van der Waals surface area contributed by atoms with Gasteiger partial charge in [0.2, 0.25) is 5.82 Å². The van der Waals surface area contributed by atoms with Gasteiger partial charge in [0.25, 0.3) is 5.56 Å². The van der Waals surface area contributed by atoms with Crippen LogP contribution in [0.25, 0.3) is 33.5 Å². The highest BCUT2D eigenvalue weighted by molar-refractivity contribution is 5.83. The summed E-state index contributed by atoms with van der Waals surface area (Å²) < 4.78 is 1.87. The van der Waals surface area contributed by atoms with E-state index in [1.807, 2.05) is 73.0 Å². The number of benzene rings is 2. The van der Waals surface area contributed by atoms with E-state index in [1.165, 1.54) is 0 Å². The number of fused-ring (bicyclic) bond motifs is 1. The van der Waals surface area contributed by atoms with Gasteiger partial charge < -0.3 is 4.57 Å². The number of hydrogen-bond acceptors (Lipinski definition) is 7. The number of nitrogens with zero attached hydrogens (tertiary/aromatic N) is 7. The number of nitriles is 1. The zero-order valence-corrected chi connectivity index (χ0v) is 17.9. The Morgan fingerprint density at radius 3 is 2.45 bits per heavy atom. The topological polar surface area (TPSA) is 142 Å². The first-order chi connectivity index (χ1) is 16.1. The van der Waals surface area contributed by atoms with Crippen LogP contribution in [0.3, 0.4) is 0 Å². The first kappa shape index (κ1) is 20.3. The van der Waals surface area contributed by atoms with Gasteiger partial charge in [-0.25, -0.2) is 10.1 Å². The van der Waals surface area contributed by atoms with Crippen molar-refractivity contribution in [2.75, 3.05) is 0 Å². The zero-order valence-electron chi connectivity index (χ0n) is 17.9. The van der Waals surface area contributed by atoms with Crippen LogP contribution in [0.2, 0.25) is 0 Å². The number of hydrogen-bond donors (Lipinski definition) is 2. The molecule has 33 heavy (non-hydrogen) atoms. The maximum Gasteiger partial charge on any atom is 0.290 e. The molecule has 10 nitrogen and oxygen atoms in total. The normalized spacial score (nSPS) is 11.2. The Bertz CT molecular complexity index is 1560. The van der Waals surface area contributed by atoms with E-state index in [0.29, 0.717) is 29.2 Å². The summed E-state index contributed by atoms with van der Waals surface area (Å²) in [4.78, 5) is 17.4. The van der Waals surface area contributed by atoms with Gasteiger partial charge in [0.05, 0.1) is 6.54 Å². The van der Waals surface area contributed by atoms with Gasteiger partial charge in [-0.2, -0.15) is 15.6 Å². The first-order valence-corrected chi connectivity index (χ1v) is 10.4. The molecule has 2 aromatic carbocycles. The molecule has 0 amide bonds. The van der Waals surface area contributed by atoms with Crippen molar-refractivity contribution < 1.29 is 0 Å². The number of aromatic amines is 2. The van der Waals surface area contributed by atoms with E-state index in [2.05, 4.69) is 35.8 Å². The summed E-state index contributed by atoms with van der Waals surface area (Å²) in [5, 5.41) is 30.2. The molecule has 3 heterocycles. The minimum Gasteiger partial charge on any atom is -0.319 e.